The van der Waals surface area contributed by atoms with Crippen molar-refractivity contribution in [2.45, 2.75) is 0 Å². The summed E-state index contributed by atoms with van der Waals surface area (Å²) in [5, 5.41) is 19.3. The number of esters is 1. The lowest BCUT2D eigenvalue weighted by Crippen LogP contribution is -2.08. The van der Waals surface area contributed by atoms with Crippen LogP contribution in [-0.2, 0) is 4.74 Å². The minimum Gasteiger partial charge on any atom is -0.507 e. The van der Waals surface area contributed by atoms with Gasteiger partial charge in [0.25, 0.3) is 0 Å². The first kappa shape index (κ1) is 15.8. The number of H-pyrrole nitrogens is 1. The number of carbonyl (C=O) groups is 1. The van der Waals surface area contributed by atoms with Gasteiger partial charge in [-0.15, -0.1) is 0 Å². The minimum absolute atomic E-state index is 0.0167. The van der Waals surface area contributed by atoms with Gasteiger partial charge in [-0.3, -0.25) is 0 Å². The van der Waals surface area contributed by atoms with Crippen molar-refractivity contribution >= 4 is 38.5 Å². The van der Waals surface area contributed by atoms with Crippen LogP contribution >= 0.6 is 15.9 Å². The Morgan fingerprint density at radius 2 is 2.17 bits per heavy atom. The molecule has 0 aliphatic rings. The molecule has 2 N–H and O–H groups in total. The van der Waals surface area contributed by atoms with Crippen molar-refractivity contribution in [3.05, 3.63) is 58.4 Å². The van der Waals surface area contributed by atoms with Crippen LogP contribution in [0.25, 0.3) is 16.6 Å². The molecule has 24 heavy (non-hydrogen) atoms. The summed E-state index contributed by atoms with van der Waals surface area (Å²) in [5.41, 5.74) is 1.29. The molecule has 1 aromatic carbocycles. The summed E-state index contributed by atoms with van der Waals surface area (Å²) in [6.07, 6.45) is 0. The summed E-state index contributed by atoms with van der Waals surface area (Å²) in [7, 11) is 0. The molecular weight excluding hydrogens is 378 g/mol. The Kier molecular flexibility index (Phi) is 4.35. The van der Waals surface area contributed by atoms with Crippen molar-refractivity contribution in [1.29, 1.82) is 5.26 Å². The second-order valence-electron chi connectivity index (χ2n) is 4.72. The molecule has 0 atom stereocenters. The number of hydrogen-bond donors (Lipinski definition) is 2. The molecule has 3 rings (SSSR count). The zero-order valence-electron chi connectivity index (χ0n) is 12.1. The van der Waals surface area contributed by atoms with Gasteiger partial charge in [-0.05, 0) is 40.2 Å². The molecule has 3 aromatic rings. The van der Waals surface area contributed by atoms with Crippen molar-refractivity contribution in [1.82, 2.24) is 9.97 Å². The average Bonchev–Trinajstić information content (AvgIpc) is 3.19. The minimum atomic E-state index is -0.755. The number of imidazole rings is 1. The van der Waals surface area contributed by atoms with E-state index >= 15 is 0 Å². The molecule has 120 valence electrons. The van der Waals surface area contributed by atoms with Gasteiger partial charge in [-0.1, -0.05) is 12.1 Å². The number of furan rings is 1. The number of nitrogens with one attached hydrogen (secondary N) is 1. The number of rotatable bonds is 4. The molecule has 0 aliphatic carbocycles. The molecule has 0 amide bonds. The molecule has 0 bridgehead atoms. The number of aromatic amines is 1. The Morgan fingerprint density at radius 1 is 1.38 bits per heavy atom. The van der Waals surface area contributed by atoms with E-state index in [1.54, 1.807) is 18.2 Å². The molecule has 0 spiro atoms. The van der Waals surface area contributed by atoms with Crippen LogP contribution in [-0.4, -0.2) is 27.7 Å². The van der Waals surface area contributed by atoms with Crippen LogP contribution in [0.15, 0.2) is 51.2 Å². The molecule has 8 heteroatoms. The van der Waals surface area contributed by atoms with Gasteiger partial charge in [0.1, 0.15) is 11.6 Å². The predicted molar refractivity (Wildman–Crippen MR) is 87.9 cm³/mol. The van der Waals surface area contributed by atoms with E-state index < -0.39 is 18.3 Å². The highest BCUT2D eigenvalue weighted by Crippen LogP contribution is 2.19. The topological polar surface area (TPSA) is 112 Å². The van der Waals surface area contributed by atoms with Crippen LogP contribution in [0.1, 0.15) is 16.4 Å². The Balaban J connectivity index is 1.80. The first-order valence-electron chi connectivity index (χ1n) is 6.78. The molecule has 0 unspecified atom stereocenters. The number of ether oxygens (including phenoxy) is 1. The van der Waals surface area contributed by atoms with E-state index in [0.717, 1.165) is 5.52 Å². The fourth-order valence-electron chi connectivity index (χ4n) is 2.03. The van der Waals surface area contributed by atoms with Gasteiger partial charge in [0.05, 0.1) is 11.0 Å². The third kappa shape index (κ3) is 3.16. The molecule has 7 nitrogen and oxygen atoms in total. The SMILES string of the molecule is N#CC(=C(O)COC(=O)c1ccc(Br)o1)c1nc2ccccc2[nH]1. The number of allylic oxidation sites excluding steroid dienone is 1. The molecule has 0 saturated heterocycles. The van der Waals surface area contributed by atoms with Crippen molar-refractivity contribution in [3.63, 3.8) is 0 Å². The number of aromatic nitrogens is 2. The zero-order valence-corrected chi connectivity index (χ0v) is 13.7. The Bertz CT molecular complexity index is 948. The van der Waals surface area contributed by atoms with Gasteiger partial charge in [-0.25, -0.2) is 9.78 Å². The number of aliphatic hydroxyl groups is 1. The largest absolute Gasteiger partial charge is 0.507 e. The Hall–Kier alpha value is -3.05. The maximum absolute atomic E-state index is 11.8. The van der Waals surface area contributed by atoms with Crippen LogP contribution in [0, 0.1) is 11.3 Å². The highest BCUT2D eigenvalue weighted by atomic mass is 79.9. The van der Waals surface area contributed by atoms with Crippen LogP contribution in [0.5, 0.6) is 0 Å². The van der Waals surface area contributed by atoms with Gasteiger partial charge >= 0.3 is 5.97 Å². The summed E-state index contributed by atoms with van der Waals surface area (Å²) in [6.45, 7) is -0.475. The fourth-order valence-corrected chi connectivity index (χ4v) is 2.33. The number of nitriles is 1. The maximum atomic E-state index is 11.8. The van der Waals surface area contributed by atoms with Crippen LogP contribution in [0.2, 0.25) is 0 Å². The lowest BCUT2D eigenvalue weighted by atomic mass is 10.2. The number of benzene rings is 1. The number of para-hydroxylation sites is 2. The lowest BCUT2D eigenvalue weighted by Gasteiger charge is -2.03. The van der Waals surface area contributed by atoms with E-state index in [-0.39, 0.29) is 17.2 Å². The highest BCUT2D eigenvalue weighted by Gasteiger charge is 2.17. The summed E-state index contributed by atoms with van der Waals surface area (Å²) in [4.78, 5) is 18.9. The van der Waals surface area contributed by atoms with Gasteiger partial charge in [0.2, 0.25) is 5.76 Å². The lowest BCUT2D eigenvalue weighted by molar-refractivity contribution is 0.0465. The molecule has 2 aromatic heterocycles. The van der Waals surface area contributed by atoms with E-state index in [4.69, 9.17) is 9.15 Å². The third-order valence-electron chi connectivity index (χ3n) is 3.14. The van der Waals surface area contributed by atoms with Crippen molar-refractivity contribution in [2.75, 3.05) is 6.61 Å². The van der Waals surface area contributed by atoms with Gasteiger partial charge in [-0.2, -0.15) is 5.26 Å². The number of hydrogen-bond acceptors (Lipinski definition) is 6. The monoisotopic (exact) mass is 387 g/mol. The number of halogens is 1. The first-order chi connectivity index (χ1) is 11.6. The average molecular weight is 388 g/mol. The normalized spacial score (nSPS) is 11.8. The van der Waals surface area contributed by atoms with Gasteiger partial charge in [0.15, 0.2) is 22.9 Å². The smallest absolute Gasteiger partial charge is 0.374 e. The molecule has 0 radical (unpaired) electrons. The van der Waals surface area contributed by atoms with E-state index in [2.05, 4.69) is 25.9 Å². The van der Waals surface area contributed by atoms with E-state index in [1.807, 2.05) is 18.2 Å². The molecular formula is C16H10BrN3O4. The molecule has 0 aliphatic heterocycles. The van der Waals surface area contributed by atoms with Gasteiger partial charge in [0, 0.05) is 0 Å². The van der Waals surface area contributed by atoms with Crippen molar-refractivity contribution in [2.24, 2.45) is 0 Å². The van der Waals surface area contributed by atoms with Gasteiger partial charge < -0.3 is 19.2 Å². The number of fused-ring (bicyclic) bond motifs is 1. The van der Waals surface area contributed by atoms with Crippen molar-refractivity contribution < 1.29 is 19.1 Å². The Morgan fingerprint density at radius 3 is 2.83 bits per heavy atom. The van der Waals surface area contributed by atoms with Crippen LogP contribution < -0.4 is 0 Å². The summed E-state index contributed by atoms with van der Waals surface area (Å²) < 4.78 is 10.4. The zero-order chi connectivity index (χ0) is 17.1. The Labute approximate surface area is 144 Å². The third-order valence-corrected chi connectivity index (χ3v) is 3.57. The highest BCUT2D eigenvalue weighted by molar-refractivity contribution is 9.10. The summed E-state index contributed by atoms with van der Waals surface area (Å²) in [5.74, 6) is -0.977. The number of aliphatic hydroxyl groups excluding tert-OH is 1. The molecule has 0 saturated carbocycles. The van der Waals surface area contributed by atoms with E-state index in [9.17, 15) is 15.2 Å². The van der Waals surface area contributed by atoms with Crippen LogP contribution in [0.3, 0.4) is 0 Å². The standard InChI is InChI=1S/C16H10BrN3O4/c17-14-6-5-13(24-14)16(22)23-8-12(21)9(7-18)15-19-10-3-1-2-4-11(10)20-15/h1-6,21H,8H2,(H,19,20). The number of nitrogens with zero attached hydrogens (tertiary/aromatic N) is 2. The predicted octanol–water partition coefficient (Wildman–Crippen LogP) is 3.57. The quantitative estimate of drug-likeness (QED) is 0.402. The second-order valence-corrected chi connectivity index (χ2v) is 5.50. The summed E-state index contributed by atoms with van der Waals surface area (Å²) in [6, 6.07) is 12.0. The molecule has 0 fully saturated rings. The van der Waals surface area contributed by atoms with Crippen LogP contribution in [0.4, 0.5) is 0 Å². The van der Waals surface area contributed by atoms with E-state index in [0.29, 0.717) is 10.2 Å². The molecule has 2 heterocycles. The number of carbonyl (C=O) groups excluding carboxylic acids is 1. The fraction of sp³-hybridized carbons (Fsp3) is 0.0625. The second kappa shape index (κ2) is 6.60. The summed E-state index contributed by atoms with van der Waals surface area (Å²) >= 11 is 3.07. The van der Waals surface area contributed by atoms with Crippen molar-refractivity contribution in [3.8, 4) is 6.07 Å². The van der Waals surface area contributed by atoms with E-state index in [1.165, 1.54) is 6.07 Å². The first-order valence-corrected chi connectivity index (χ1v) is 7.57. The maximum Gasteiger partial charge on any atom is 0.374 e.